The van der Waals surface area contributed by atoms with Gasteiger partial charge in [-0.15, -0.1) is 0 Å². The summed E-state index contributed by atoms with van der Waals surface area (Å²) < 4.78 is 5.21. The normalized spacial score (nSPS) is 12.9. The highest BCUT2D eigenvalue weighted by molar-refractivity contribution is 6.31. The maximum absolute atomic E-state index is 6.10. The SMILES string of the molecule is CC(C)C[C@@H](N)c1nc(Cc2ccccc2Cl)no1. The van der Waals surface area contributed by atoms with Gasteiger partial charge in [-0.3, -0.25) is 0 Å². The maximum Gasteiger partial charge on any atom is 0.243 e. The molecule has 2 aromatic rings. The number of aromatic nitrogens is 2. The van der Waals surface area contributed by atoms with Gasteiger partial charge < -0.3 is 10.3 Å². The minimum atomic E-state index is -0.201. The summed E-state index contributed by atoms with van der Waals surface area (Å²) >= 11 is 6.10. The van der Waals surface area contributed by atoms with Gasteiger partial charge in [0.1, 0.15) is 0 Å². The molecule has 102 valence electrons. The third kappa shape index (κ3) is 3.78. The van der Waals surface area contributed by atoms with Crippen LogP contribution in [0.3, 0.4) is 0 Å². The van der Waals surface area contributed by atoms with E-state index in [1.165, 1.54) is 0 Å². The summed E-state index contributed by atoms with van der Waals surface area (Å²) in [5.74, 6) is 1.60. The van der Waals surface area contributed by atoms with Crippen molar-refractivity contribution in [2.75, 3.05) is 0 Å². The number of halogens is 1. The Morgan fingerprint density at radius 1 is 1.32 bits per heavy atom. The largest absolute Gasteiger partial charge is 0.338 e. The minimum Gasteiger partial charge on any atom is -0.338 e. The highest BCUT2D eigenvalue weighted by Crippen LogP contribution is 2.20. The number of benzene rings is 1. The molecule has 2 rings (SSSR count). The zero-order valence-corrected chi connectivity index (χ0v) is 11.9. The first-order valence-electron chi connectivity index (χ1n) is 6.37. The van der Waals surface area contributed by atoms with Crippen LogP contribution in [0.4, 0.5) is 0 Å². The molecule has 0 amide bonds. The van der Waals surface area contributed by atoms with E-state index >= 15 is 0 Å². The topological polar surface area (TPSA) is 64.9 Å². The third-order valence-corrected chi connectivity index (χ3v) is 3.20. The van der Waals surface area contributed by atoms with Crippen molar-refractivity contribution < 1.29 is 4.52 Å². The summed E-state index contributed by atoms with van der Waals surface area (Å²) in [5.41, 5.74) is 6.99. The molecule has 0 radical (unpaired) electrons. The Labute approximate surface area is 118 Å². The van der Waals surface area contributed by atoms with Gasteiger partial charge in [0.15, 0.2) is 5.82 Å². The number of nitrogens with zero attached hydrogens (tertiary/aromatic N) is 2. The molecule has 0 aliphatic rings. The van der Waals surface area contributed by atoms with E-state index in [-0.39, 0.29) is 6.04 Å². The van der Waals surface area contributed by atoms with E-state index < -0.39 is 0 Å². The van der Waals surface area contributed by atoms with Crippen LogP contribution in [0.25, 0.3) is 0 Å². The first-order valence-corrected chi connectivity index (χ1v) is 6.75. The second-order valence-corrected chi connectivity index (χ2v) is 5.46. The molecule has 4 nitrogen and oxygen atoms in total. The van der Waals surface area contributed by atoms with Gasteiger partial charge in [0.05, 0.1) is 6.04 Å². The van der Waals surface area contributed by atoms with Gasteiger partial charge in [-0.25, -0.2) is 0 Å². The van der Waals surface area contributed by atoms with Crippen LogP contribution in [-0.2, 0) is 6.42 Å². The monoisotopic (exact) mass is 279 g/mol. The van der Waals surface area contributed by atoms with E-state index in [4.69, 9.17) is 21.9 Å². The van der Waals surface area contributed by atoms with Crippen LogP contribution in [0.5, 0.6) is 0 Å². The molecule has 0 bridgehead atoms. The van der Waals surface area contributed by atoms with E-state index in [0.717, 1.165) is 12.0 Å². The van der Waals surface area contributed by atoms with Crippen LogP contribution in [0, 0.1) is 5.92 Å². The van der Waals surface area contributed by atoms with E-state index in [9.17, 15) is 0 Å². The maximum atomic E-state index is 6.10. The molecule has 2 N–H and O–H groups in total. The van der Waals surface area contributed by atoms with Crippen molar-refractivity contribution in [3.63, 3.8) is 0 Å². The van der Waals surface area contributed by atoms with Gasteiger partial charge in [-0.05, 0) is 24.0 Å². The van der Waals surface area contributed by atoms with Crippen molar-refractivity contribution in [2.24, 2.45) is 11.7 Å². The van der Waals surface area contributed by atoms with Crippen molar-refractivity contribution in [3.8, 4) is 0 Å². The molecule has 0 aliphatic carbocycles. The lowest BCUT2D eigenvalue weighted by Crippen LogP contribution is -2.13. The van der Waals surface area contributed by atoms with Gasteiger partial charge in [0.2, 0.25) is 5.89 Å². The average molecular weight is 280 g/mol. The van der Waals surface area contributed by atoms with Crippen molar-refractivity contribution in [2.45, 2.75) is 32.7 Å². The molecular weight excluding hydrogens is 262 g/mol. The summed E-state index contributed by atoms with van der Waals surface area (Å²) in [5, 5.41) is 4.66. The van der Waals surface area contributed by atoms with Crippen molar-refractivity contribution in [3.05, 3.63) is 46.6 Å². The summed E-state index contributed by atoms with van der Waals surface area (Å²) in [6.07, 6.45) is 1.38. The molecular formula is C14H18ClN3O. The fraction of sp³-hybridized carbons (Fsp3) is 0.429. The van der Waals surface area contributed by atoms with Crippen LogP contribution in [0.1, 0.15) is 43.6 Å². The number of rotatable bonds is 5. The molecule has 1 aromatic carbocycles. The van der Waals surface area contributed by atoms with Crippen LogP contribution >= 0.6 is 11.6 Å². The predicted octanol–water partition coefficient (Wildman–Crippen LogP) is 3.36. The summed E-state index contributed by atoms with van der Waals surface area (Å²) in [7, 11) is 0. The van der Waals surface area contributed by atoms with Crippen LogP contribution < -0.4 is 5.73 Å². The van der Waals surface area contributed by atoms with Crippen molar-refractivity contribution in [1.29, 1.82) is 0 Å². The standard InChI is InChI=1S/C14H18ClN3O/c1-9(2)7-12(16)14-17-13(18-19-14)8-10-5-3-4-6-11(10)15/h3-6,9,12H,7-8,16H2,1-2H3/t12-/m1/s1. The molecule has 19 heavy (non-hydrogen) atoms. The lowest BCUT2D eigenvalue weighted by Gasteiger charge is -2.08. The first-order chi connectivity index (χ1) is 9.06. The van der Waals surface area contributed by atoms with E-state index in [1.807, 2.05) is 24.3 Å². The Kier molecular flexibility index (Phi) is 4.56. The van der Waals surface area contributed by atoms with E-state index in [0.29, 0.717) is 29.1 Å². The van der Waals surface area contributed by atoms with Crippen molar-refractivity contribution in [1.82, 2.24) is 10.1 Å². The number of hydrogen-bond donors (Lipinski definition) is 1. The zero-order valence-electron chi connectivity index (χ0n) is 11.1. The summed E-state index contributed by atoms with van der Waals surface area (Å²) in [6.45, 7) is 4.22. The van der Waals surface area contributed by atoms with Crippen molar-refractivity contribution >= 4 is 11.6 Å². The van der Waals surface area contributed by atoms with Gasteiger partial charge >= 0.3 is 0 Å². The highest BCUT2D eigenvalue weighted by atomic mass is 35.5. The lowest BCUT2D eigenvalue weighted by atomic mass is 10.0. The fourth-order valence-electron chi connectivity index (χ4n) is 1.91. The predicted molar refractivity (Wildman–Crippen MR) is 74.9 cm³/mol. The summed E-state index contributed by atoms with van der Waals surface area (Å²) in [6, 6.07) is 7.43. The lowest BCUT2D eigenvalue weighted by molar-refractivity contribution is 0.333. The molecule has 0 aliphatic heterocycles. The Morgan fingerprint density at radius 3 is 2.74 bits per heavy atom. The summed E-state index contributed by atoms with van der Waals surface area (Å²) in [4.78, 5) is 4.34. The quantitative estimate of drug-likeness (QED) is 0.911. The molecule has 1 atom stereocenters. The first kappa shape index (κ1) is 14.0. The van der Waals surface area contributed by atoms with Crippen LogP contribution in [0.2, 0.25) is 5.02 Å². The molecule has 1 heterocycles. The fourth-order valence-corrected chi connectivity index (χ4v) is 2.11. The highest BCUT2D eigenvalue weighted by Gasteiger charge is 2.16. The molecule has 5 heteroatoms. The molecule has 0 saturated heterocycles. The molecule has 0 unspecified atom stereocenters. The van der Waals surface area contributed by atoms with E-state index in [2.05, 4.69) is 24.0 Å². The average Bonchev–Trinajstić information content (AvgIpc) is 2.80. The van der Waals surface area contributed by atoms with Gasteiger partial charge in [-0.1, -0.05) is 48.8 Å². The second kappa shape index (κ2) is 6.17. The van der Waals surface area contributed by atoms with Gasteiger partial charge in [0, 0.05) is 11.4 Å². The zero-order chi connectivity index (χ0) is 13.8. The second-order valence-electron chi connectivity index (χ2n) is 5.05. The van der Waals surface area contributed by atoms with Gasteiger partial charge in [-0.2, -0.15) is 4.98 Å². The molecule has 1 aromatic heterocycles. The Hall–Kier alpha value is -1.39. The number of hydrogen-bond acceptors (Lipinski definition) is 4. The van der Waals surface area contributed by atoms with Crippen LogP contribution in [0.15, 0.2) is 28.8 Å². The smallest absolute Gasteiger partial charge is 0.243 e. The molecule has 0 spiro atoms. The molecule has 0 fully saturated rings. The minimum absolute atomic E-state index is 0.201. The Morgan fingerprint density at radius 2 is 2.05 bits per heavy atom. The number of nitrogens with two attached hydrogens (primary N) is 1. The van der Waals surface area contributed by atoms with Crippen LogP contribution in [-0.4, -0.2) is 10.1 Å². The third-order valence-electron chi connectivity index (χ3n) is 2.83. The Balaban J connectivity index is 2.07. The van der Waals surface area contributed by atoms with Gasteiger partial charge in [0.25, 0.3) is 0 Å². The van der Waals surface area contributed by atoms with E-state index in [1.54, 1.807) is 0 Å². The Bertz CT molecular complexity index is 539. The molecule has 0 saturated carbocycles.